The van der Waals surface area contributed by atoms with Gasteiger partial charge < -0.3 is 9.88 Å². The van der Waals surface area contributed by atoms with E-state index in [1.165, 1.54) is 31.0 Å². The Balaban J connectivity index is 1.54. The molecule has 2 heterocycles. The second-order valence-corrected chi connectivity index (χ2v) is 8.97. The molecule has 1 aromatic carbocycles. The zero-order chi connectivity index (χ0) is 19.7. The summed E-state index contributed by atoms with van der Waals surface area (Å²) in [6, 6.07) is 8.44. The number of aromatic nitrogens is 4. The Morgan fingerprint density at radius 1 is 1.29 bits per heavy atom. The standard InChI is InChI=1S/C21H27N5OS/c1-4-26-17-12-8-6-10-15(17)18-19(26)23-21(25-24-18)28-14(3)20(27)22-16-11-7-5-9-13(16)2/h6,8,10,12-14,16H,4-5,7,9,11H2,1-3H3,(H,22,27)/t13-,14+,16+/m0/s1. The Bertz CT molecular complexity index is 1000. The lowest BCUT2D eigenvalue weighted by Gasteiger charge is -2.30. The number of nitrogens with zero attached hydrogens (tertiary/aromatic N) is 4. The predicted molar refractivity (Wildman–Crippen MR) is 113 cm³/mol. The molecule has 3 aromatic rings. The number of hydrogen-bond acceptors (Lipinski definition) is 5. The first-order chi connectivity index (χ1) is 13.6. The third-order valence-corrected chi connectivity index (χ3v) is 6.71. The zero-order valence-corrected chi connectivity index (χ0v) is 17.5. The molecule has 1 fully saturated rings. The summed E-state index contributed by atoms with van der Waals surface area (Å²) in [7, 11) is 0. The molecule has 2 aromatic heterocycles. The van der Waals surface area contributed by atoms with Gasteiger partial charge in [0.25, 0.3) is 0 Å². The van der Waals surface area contributed by atoms with Crippen LogP contribution in [0.2, 0.25) is 0 Å². The summed E-state index contributed by atoms with van der Waals surface area (Å²) >= 11 is 1.38. The summed E-state index contributed by atoms with van der Waals surface area (Å²) in [5.74, 6) is 0.605. The summed E-state index contributed by atoms with van der Waals surface area (Å²) in [6.07, 6.45) is 4.73. The normalized spacial score (nSPS) is 21.1. The van der Waals surface area contributed by atoms with Gasteiger partial charge in [-0.1, -0.05) is 49.7 Å². The SMILES string of the molecule is CCn1c2ccccc2c2nnc(S[C@H](C)C(=O)N[C@@H]3CCCC[C@@H]3C)nc21. The van der Waals surface area contributed by atoms with Crippen molar-refractivity contribution in [2.24, 2.45) is 5.92 Å². The zero-order valence-electron chi connectivity index (χ0n) is 16.7. The van der Waals surface area contributed by atoms with Crippen molar-refractivity contribution < 1.29 is 4.79 Å². The van der Waals surface area contributed by atoms with E-state index < -0.39 is 0 Å². The molecule has 0 bridgehead atoms. The second-order valence-electron chi connectivity index (χ2n) is 7.66. The minimum Gasteiger partial charge on any atom is -0.352 e. The first kappa shape index (κ1) is 19.2. The van der Waals surface area contributed by atoms with Gasteiger partial charge in [-0.25, -0.2) is 4.98 Å². The lowest BCUT2D eigenvalue weighted by Crippen LogP contribution is -2.44. The molecule has 1 aliphatic rings. The molecule has 3 atom stereocenters. The molecule has 0 spiro atoms. The van der Waals surface area contributed by atoms with Gasteiger partial charge in [0.15, 0.2) is 5.65 Å². The fourth-order valence-electron chi connectivity index (χ4n) is 4.10. The van der Waals surface area contributed by atoms with Crippen LogP contribution in [0, 0.1) is 5.92 Å². The second kappa shape index (κ2) is 8.07. The van der Waals surface area contributed by atoms with Crippen LogP contribution >= 0.6 is 11.8 Å². The number of para-hydroxylation sites is 1. The fourth-order valence-corrected chi connectivity index (χ4v) is 4.82. The van der Waals surface area contributed by atoms with Crippen LogP contribution in [0.15, 0.2) is 29.4 Å². The maximum absolute atomic E-state index is 12.7. The number of aryl methyl sites for hydroxylation is 1. The third-order valence-electron chi connectivity index (χ3n) is 5.76. The van der Waals surface area contributed by atoms with Gasteiger partial charge in [-0.05, 0) is 38.7 Å². The lowest BCUT2D eigenvalue weighted by atomic mass is 9.86. The molecule has 6 nitrogen and oxygen atoms in total. The quantitative estimate of drug-likeness (QED) is 0.654. The average Bonchev–Trinajstić information content (AvgIpc) is 3.02. The molecule has 7 heteroatoms. The monoisotopic (exact) mass is 397 g/mol. The highest BCUT2D eigenvalue weighted by molar-refractivity contribution is 8.00. The molecule has 0 radical (unpaired) electrons. The van der Waals surface area contributed by atoms with Crippen LogP contribution in [0.3, 0.4) is 0 Å². The first-order valence-corrected chi connectivity index (χ1v) is 11.0. The molecule has 1 N–H and O–H groups in total. The number of hydrogen-bond donors (Lipinski definition) is 1. The van der Waals surface area contributed by atoms with Crippen molar-refractivity contribution in [3.8, 4) is 0 Å². The van der Waals surface area contributed by atoms with Crippen LogP contribution in [0.4, 0.5) is 0 Å². The number of carbonyl (C=O) groups excluding carboxylic acids is 1. The van der Waals surface area contributed by atoms with Gasteiger partial charge in [-0.2, -0.15) is 0 Å². The van der Waals surface area contributed by atoms with Crippen molar-refractivity contribution in [2.75, 3.05) is 0 Å². The van der Waals surface area contributed by atoms with Crippen molar-refractivity contribution in [1.29, 1.82) is 0 Å². The molecular formula is C21H27N5OS. The lowest BCUT2D eigenvalue weighted by molar-refractivity contribution is -0.121. The Morgan fingerprint density at radius 2 is 2.07 bits per heavy atom. The molecule has 1 aliphatic carbocycles. The van der Waals surface area contributed by atoms with E-state index in [-0.39, 0.29) is 17.2 Å². The predicted octanol–water partition coefficient (Wildman–Crippen LogP) is 4.17. The number of nitrogens with one attached hydrogen (secondary N) is 1. The Morgan fingerprint density at radius 3 is 2.86 bits per heavy atom. The van der Waals surface area contributed by atoms with Crippen LogP contribution < -0.4 is 5.32 Å². The maximum atomic E-state index is 12.7. The van der Waals surface area contributed by atoms with E-state index in [2.05, 4.69) is 46.1 Å². The highest BCUT2D eigenvalue weighted by Crippen LogP contribution is 2.29. The number of carbonyl (C=O) groups is 1. The van der Waals surface area contributed by atoms with Crippen LogP contribution in [-0.2, 0) is 11.3 Å². The Hall–Kier alpha value is -2.15. The summed E-state index contributed by atoms with van der Waals surface area (Å²) in [5, 5.41) is 13.3. The molecule has 28 heavy (non-hydrogen) atoms. The van der Waals surface area contributed by atoms with Gasteiger partial charge in [0.2, 0.25) is 11.1 Å². The number of benzene rings is 1. The molecule has 0 aliphatic heterocycles. The summed E-state index contributed by atoms with van der Waals surface area (Å²) in [5.41, 5.74) is 2.76. The van der Waals surface area contributed by atoms with E-state index in [1.807, 2.05) is 19.1 Å². The van der Waals surface area contributed by atoms with Crippen LogP contribution in [0.25, 0.3) is 22.1 Å². The molecule has 4 rings (SSSR count). The van der Waals surface area contributed by atoms with Gasteiger partial charge in [0.1, 0.15) is 5.52 Å². The van der Waals surface area contributed by atoms with Crippen LogP contribution in [0.1, 0.15) is 46.5 Å². The van der Waals surface area contributed by atoms with Gasteiger partial charge in [-0.3, -0.25) is 4.79 Å². The highest BCUT2D eigenvalue weighted by atomic mass is 32.2. The summed E-state index contributed by atoms with van der Waals surface area (Å²) < 4.78 is 2.15. The molecule has 0 unspecified atom stereocenters. The van der Waals surface area contributed by atoms with Crippen molar-refractivity contribution in [3.05, 3.63) is 24.3 Å². The van der Waals surface area contributed by atoms with E-state index in [0.29, 0.717) is 11.1 Å². The van der Waals surface area contributed by atoms with E-state index in [0.717, 1.165) is 35.0 Å². The van der Waals surface area contributed by atoms with Gasteiger partial charge in [0.05, 0.1) is 10.8 Å². The smallest absolute Gasteiger partial charge is 0.233 e. The largest absolute Gasteiger partial charge is 0.352 e. The molecular weight excluding hydrogens is 370 g/mol. The fraction of sp³-hybridized carbons (Fsp3) is 0.524. The first-order valence-electron chi connectivity index (χ1n) is 10.2. The number of rotatable bonds is 5. The molecule has 0 saturated heterocycles. The van der Waals surface area contributed by atoms with Crippen molar-refractivity contribution in [2.45, 2.75) is 69.4 Å². The Kier molecular flexibility index (Phi) is 5.53. The van der Waals surface area contributed by atoms with Gasteiger partial charge in [-0.15, -0.1) is 10.2 Å². The van der Waals surface area contributed by atoms with Crippen LogP contribution in [-0.4, -0.2) is 36.9 Å². The number of amides is 1. The van der Waals surface area contributed by atoms with Crippen molar-refractivity contribution in [3.63, 3.8) is 0 Å². The molecule has 1 amide bonds. The third kappa shape index (κ3) is 3.60. The number of fused-ring (bicyclic) bond motifs is 3. The van der Waals surface area contributed by atoms with Gasteiger partial charge in [0, 0.05) is 18.0 Å². The van der Waals surface area contributed by atoms with E-state index >= 15 is 0 Å². The molecule has 1 saturated carbocycles. The number of thioether (sulfide) groups is 1. The van der Waals surface area contributed by atoms with Gasteiger partial charge >= 0.3 is 0 Å². The van der Waals surface area contributed by atoms with Crippen LogP contribution in [0.5, 0.6) is 0 Å². The van der Waals surface area contributed by atoms with E-state index in [4.69, 9.17) is 4.98 Å². The van der Waals surface area contributed by atoms with Crippen molar-refractivity contribution >= 4 is 39.7 Å². The van der Waals surface area contributed by atoms with Crippen molar-refractivity contribution in [1.82, 2.24) is 25.1 Å². The van der Waals surface area contributed by atoms with E-state index in [1.54, 1.807) is 0 Å². The summed E-state index contributed by atoms with van der Waals surface area (Å²) in [6.45, 7) is 7.05. The highest BCUT2D eigenvalue weighted by Gasteiger charge is 2.26. The minimum absolute atomic E-state index is 0.0588. The maximum Gasteiger partial charge on any atom is 0.233 e. The minimum atomic E-state index is -0.257. The van der Waals surface area contributed by atoms with E-state index in [9.17, 15) is 4.79 Å². The topological polar surface area (TPSA) is 72.7 Å². The molecule has 148 valence electrons. The average molecular weight is 398 g/mol. The summed E-state index contributed by atoms with van der Waals surface area (Å²) in [4.78, 5) is 17.4. The Labute approximate surface area is 169 Å².